The summed E-state index contributed by atoms with van der Waals surface area (Å²) in [5, 5.41) is 17.6. The predicted octanol–water partition coefficient (Wildman–Crippen LogP) is 1.18. The summed E-state index contributed by atoms with van der Waals surface area (Å²) in [4.78, 5) is 11.9. The van der Waals surface area contributed by atoms with E-state index in [-0.39, 0.29) is 18.2 Å². The van der Waals surface area contributed by atoms with Crippen LogP contribution in [0.2, 0.25) is 0 Å². The molecule has 0 radical (unpaired) electrons. The molecule has 1 atom stereocenters. The van der Waals surface area contributed by atoms with Crippen LogP contribution in [0.3, 0.4) is 0 Å². The molecular weight excluding hydrogens is 250 g/mol. The van der Waals surface area contributed by atoms with Crippen LogP contribution in [0.25, 0.3) is 0 Å². The topological polar surface area (TPSA) is 75.1 Å². The van der Waals surface area contributed by atoms with Crippen molar-refractivity contribution in [2.24, 2.45) is 0 Å². The summed E-state index contributed by atoms with van der Waals surface area (Å²) in [6.45, 7) is 1.57. The van der Waals surface area contributed by atoms with Gasteiger partial charge in [0, 0.05) is 5.38 Å². The second-order valence-electron chi connectivity index (χ2n) is 4.10. The normalized spacial score (nSPS) is 13.9. The Morgan fingerprint density at radius 3 is 2.72 bits per heavy atom. The maximum absolute atomic E-state index is 11.9. The van der Waals surface area contributed by atoms with Crippen molar-refractivity contribution in [2.75, 3.05) is 6.61 Å². The van der Waals surface area contributed by atoms with E-state index in [1.54, 1.807) is 12.3 Å². The molecule has 0 spiro atoms. The van der Waals surface area contributed by atoms with Crippen LogP contribution in [-0.2, 0) is 5.54 Å². The Labute approximate surface area is 109 Å². The minimum absolute atomic E-state index is 0.194. The third-order valence-electron chi connectivity index (χ3n) is 2.71. The van der Waals surface area contributed by atoms with Crippen LogP contribution in [0.15, 0.2) is 35.7 Å². The fraction of sp³-hybridized carbons (Fsp3) is 0.250. The lowest BCUT2D eigenvalue weighted by molar-refractivity contribution is 0.0844. The highest BCUT2D eigenvalue weighted by Crippen LogP contribution is 2.20. The van der Waals surface area contributed by atoms with Crippen molar-refractivity contribution < 1.29 is 9.90 Å². The first-order valence-corrected chi connectivity index (χ1v) is 6.25. The molecule has 0 aliphatic carbocycles. The summed E-state index contributed by atoms with van der Waals surface area (Å²) in [5.41, 5.74) is 0.266. The van der Waals surface area contributed by atoms with E-state index in [4.69, 9.17) is 0 Å². The quantitative estimate of drug-likeness (QED) is 0.868. The van der Waals surface area contributed by atoms with Crippen molar-refractivity contribution in [3.05, 3.63) is 47.0 Å². The van der Waals surface area contributed by atoms with E-state index in [1.807, 2.05) is 30.3 Å². The van der Waals surface area contributed by atoms with Gasteiger partial charge in [-0.1, -0.05) is 34.8 Å². The van der Waals surface area contributed by atoms with E-state index in [0.717, 1.165) is 17.1 Å². The van der Waals surface area contributed by atoms with Crippen LogP contribution >= 0.6 is 11.5 Å². The lowest BCUT2D eigenvalue weighted by Gasteiger charge is -2.28. The molecule has 0 aliphatic rings. The summed E-state index contributed by atoms with van der Waals surface area (Å²) in [6, 6.07) is 9.32. The lowest BCUT2D eigenvalue weighted by atomic mass is 9.93. The SMILES string of the molecule is CC(CO)(NC(=O)c1csnn1)c1ccccc1. The van der Waals surface area contributed by atoms with Crippen LogP contribution in [0.4, 0.5) is 0 Å². The molecule has 18 heavy (non-hydrogen) atoms. The van der Waals surface area contributed by atoms with Crippen molar-refractivity contribution >= 4 is 17.4 Å². The first-order chi connectivity index (χ1) is 8.65. The highest BCUT2D eigenvalue weighted by atomic mass is 32.1. The van der Waals surface area contributed by atoms with Gasteiger partial charge in [-0.05, 0) is 24.0 Å². The van der Waals surface area contributed by atoms with Gasteiger partial charge in [0.05, 0.1) is 12.1 Å². The number of nitrogens with zero attached hydrogens (tertiary/aromatic N) is 2. The zero-order chi connectivity index (χ0) is 13.0. The number of hydrogen-bond donors (Lipinski definition) is 2. The van der Waals surface area contributed by atoms with Crippen molar-refractivity contribution in [3.63, 3.8) is 0 Å². The molecule has 0 saturated carbocycles. The largest absolute Gasteiger partial charge is 0.394 e. The van der Waals surface area contributed by atoms with Crippen molar-refractivity contribution in [1.82, 2.24) is 14.9 Å². The Morgan fingerprint density at radius 2 is 2.17 bits per heavy atom. The van der Waals surface area contributed by atoms with E-state index in [1.165, 1.54) is 0 Å². The molecule has 2 N–H and O–H groups in total. The number of aliphatic hydroxyl groups is 1. The number of amides is 1. The monoisotopic (exact) mass is 263 g/mol. The number of carbonyl (C=O) groups is 1. The third kappa shape index (κ3) is 2.55. The molecule has 1 aromatic heterocycles. The van der Waals surface area contributed by atoms with Gasteiger partial charge in [-0.3, -0.25) is 4.79 Å². The molecule has 0 bridgehead atoms. The summed E-state index contributed by atoms with van der Waals surface area (Å²) in [6.07, 6.45) is 0. The molecule has 5 nitrogen and oxygen atoms in total. The Balaban J connectivity index is 2.21. The number of carbonyl (C=O) groups excluding carboxylic acids is 1. The van der Waals surface area contributed by atoms with Gasteiger partial charge in [-0.25, -0.2) is 0 Å². The summed E-state index contributed by atoms with van der Waals surface area (Å²) in [7, 11) is 0. The maximum Gasteiger partial charge on any atom is 0.273 e. The van der Waals surface area contributed by atoms with Gasteiger partial charge in [-0.15, -0.1) is 5.10 Å². The highest BCUT2D eigenvalue weighted by Gasteiger charge is 2.28. The number of hydrogen-bond acceptors (Lipinski definition) is 5. The predicted molar refractivity (Wildman–Crippen MR) is 68.3 cm³/mol. The molecule has 94 valence electrons. The summed E-state index contributed by atoms with van der Waals surface area (Å²) in [5.74, 6) is -0.343. The molecule has 1 amide bonds. The zero-order valence-electron chi connectivity index (χ0n) is 9.83. The Kier molecular flexibility index (Phi) is 3.69. The number of rotatable bonds is 4. The van der Waals surface area contributed by atoms with Crippen LogP contribution < -0.4 is 5.32 Å². The lowest BCUT2D eigenvalue weighted by Crippen LogP contribution is -2.46. The molecule has 0 aliphatic heterocycles. The summed E-state index contributed by atoms with van der Waals surface area (Å²) < 4.78 is 3.64. The molecule has 2 rings (SSSR count). The highest BCUT2D eigenvalue weighted by molar-refractivity contribution is 7.03. The molecule has 0 fully saturated rings. The average Bonchev–Trinajstić information content (AvgIpc) is 2.93. The van der Waals surface area contributed by atoms with Gasteiger partial charge < -0.3 is 10.4 Å². The molecule has 1 unspecified atom stereocenters. The molecular formula is C12H13N3O2S. The second-order valence-corrected chi connectivity index (χ2v) is 4.71. The third-order valence-corrected chi connectivity index (χ3v) is 3.21. The number of benzene rings is 1. The first-order valence-electron chi connectivity index (χ1n) is 5.42. The van der Waals surface area contributed by atoms with Crippen LogP contribution in [0.1, 0.15) is 23.0 Å². The van der Waals surface area contributed by atoms with Gasteiger partial charge in [0.2, 0.25) is 0 Å². The Hall–Kier alpha value is -1.79. The fourth-order valence-corrected chi connectivity index (χ4v) is 2.02. The number of aliphatic hydroxyl groups excluding tert-OH is 1. The number of aromatic nitrogens is 2. The van der Waals surface area contributed by atoms with E-state index in [9.17, 15) is 9.90 Å². The minimum Gasteiger partial charge on any atom is -0.394 e. The van der Waals surface area contributed by atoms with Gasteiger partial charge >= 0.3 is 0 Å². The van der Waals surface area contributed by atoms with Crippen molar-refractivity contribution in [1.29, 1.82) is 0 Å². The average molecular weight is 263 g/mol. The van der Waals surface area contributed by atoms with Crippen LogP contribution in [0, 0.1) is 0 Å². The van der Waals surface area contributed by atoms with Crippen molar-refractivity contribution in [3.8, 4) is 0 Å². The van der Waals surface area contributed by atoms with E-state index >= 15 is 0 Å². The number of nitrogens with one attached hydrogen (secondary N) is 1. The Bertz CT molecular complexity index is 515. The Morgan fingerprint density at radius 1 is 1.44 bits per heavy atom. The maximum atomic E-state index is 11.9. The second kappa shape index (κ2) is 5.24. The molecule has 2 aromatic rings. The molecule has 6 heteroatoms. The minimum atomic E-state index is -0.831. The van der Waals surface area contributed by atoms with E-state index < -0.39 is 5.54 Å². The van der Waals surface area contributed by atoms with Crippen molar-refractivity contribution in [2.45, 2.75) is 12.5 Å². The van der Waals surface area contributed by atoms with Gasteiger partial charge in [-0.2, -0.15) is 0 Å². The molecule has 1 heterocycles. The van der Waals surface area contributed by atoms with E-state index in [0.29, 0.717) is 0 Å². The van der Waals surface area contributed by atoms with Crippen LogP contribution in [-0.4, -0.2) is 27.2 Å². The first kappa shape index (κ1) is 12.7. The fourth-order valence-electron chi connectivity index (χ4n) is 1.59. The smallest absolute Gasteiger partial charge is 0.273 e. The van der Waals surface area contributed by atoms with E-state index in [2.05, 4.69) is 14.9 Å². The van der Waals surface area contributed by atoms with Gasteiger partial charge in [0.25, 0.3) is 5.91 Å². The van der Waals surface area contributed by atoms with Crippen LogP contribution in [0.5, 0.6) is 0 Å². The molecule has 0 saturated heterocycles. The molecule has 1 aromatic carbocycles. The van der Waals surface area contributed by atoms with Gasteiger partial charge in [0.15, 0.2) is 5.69 Å². The van der Waals surface area contributed by atoms with Gasteiger partial charge in [0.1, 0.15) is 0 Å². The standard InChI is InChI=1S/C12H13N3O2S/c1-12(8-16,9-5-3-2-4-6-9)13-11(17)10-7-18-15-14-10/h2-7,16H,8H2,1H3,(H,13,17). The summed E-state index contributed by atoms with van der Waals surface area (Å²) >= 11 is 1.11. The zero-order valence-corrected chi connectivity index (χ0v) is 10.6.